The lowest BCUT2D eigenvalue weighted by molar-refractivity contribution is 0.0938. The largest absolute Gasteiger partial charge is 0.458 e. The zero-order chi connectivity index (χ0) is 28.7. The summed E-state index contributed by atoms with van der Waals surface area (Å²) in [5.41, 5.74) is 8.05. The Hall–Kier alpha value is -5.76. The second-order valence-electron chi connectivity index (χ2n) is 9.35. The molecule has 202 valence electrons. The summed E-state index contributed by atoms with van der Waals surface area (Å²) in [5, 5.41) is 11.4. The number of rotatable bonds is 4. The molecule has 0 spiro atoms. The third kappa shape index (κ3) is 4.68. The van der Waals surface area contributed by atoms with Crippen LogP contribution in [0.4, 0.5) is 10.2 Å². The molecule has 10 nitrogen and oxygen atoms in total. The van der Waals surface area contributed by atoms with Crippen LogP contribution in [0, 0.1) is 17.7 Å². The molecule has 0 saturated heterocycles. The highest BCUT2D eigenvalue weighted by Crippen LogP contribution is 2.31. The number of carbonyl (C=O) groups is 1. The number of nitrogens with zero attached hydrogens (tertiary/aromatic N) is 5. The first-order valence-electron chi connectivity index (χ1n) is 12.6. The molecule has 4 heterocycles. The normalized spacial score (nSPS) is 11.8. The predicted octanol–water partition coefficient (Wildman–Crippen LogP) is 3.85. The minimum Gasteiger partial charge on any atom is -0.458 e. The highest BCUT2D eigenvalue weighted by Gasteiger charge is 2.26. The average molecular weight is 548 g/mol. The SMILES string of the molecule is C[C@@H](NC(=O)c1c(N)nn2cccnc12)c1oc2cccc(C#Cc3cnn(C)c3)c2c(=O)c1-c1ccc(F)cc1. The van der Waals surface area contributed by atoms with E-state index in [1.54, 1.807) is 61.5 Å². The number of carbonyl (C=O) groups excluding carboxylic acids is 1. The average Bonchev–Trinajstić information content (AvgIpc) is 3.53. The Labute approximate surface area is 232 Å². The second-order valence-corrected chi connectivity index (χ2v) is 9.35. The molecular weight excluding hydrogens is 525 g/mol. The molecule has 1 atom stereocenters. The van der Waals surface area contributed by atoms with Crippen LogP contribution >= 0.6 is 0 Å². The van der Waals surface area contributed by atoms with Gasteiger partial charge in [-0.3, -0.25) is 14.3 Å². The predicted molar refractivity (Wildman–Crippen MR) is 150 cm³/mol. The fourth-order valence-corrected chi connectivity index (χ4v) is 4.64. The summed E-state index contributed by atoms with van der Waals surface area (Å²) >= 11 is 0. The third-order valence-corrected chi connectivity index (χ3v) is 6.52. The second kappa shape index (κ2) is 10.1. The lowest BCUT2D eigenvalue weighted by Crippen LogP contribution is -2.29. The summed E-state index contributed by atoms with van der Waals surface area (Å²) in [4.78, 5) is 31.7. The Bertz CT molecular complexity index is 2080. The molecule has 0 radical (unpaired) electrons. The zero-order valence-electron chi connectivity index (χ0n) is 21.9. The Morgan fingerprint density at radius 1 is 1.15 bits per heavy atom. The molecule has 0 aliphatic carbocycles. The number of halogens is 1. The van der Waals surface area contributed by atoms with Gasteiger partial charge < -0.3 is 15.5 Å². The molecule has 1 amide bonds. The molecule has 4 aromatic heterocycles. The van der Waals surface area contributed by atoms with E-state index in [1.165, 1.54) is 35.0 Å². The van der Waals surface area contributed by atoms with Crippen LogP contribution in [0.25, 0.3) is 27.7 Å². The van der Waals surface area contributed by atoms with E-state index >= 15 is 0 Å². The van der Waals surface area contributed by atoms with Crippen molar-refractivity contribution in [1.82, 2.24) is 29.7 Å². The molecular formula is C30H22FN7O3. The van der Waals surface area contributed by atoms with E-state index in [0.29, 0.717) is 16.7 Å². The van der Waals surface area contributed by atoms with Gasteiger partial charge >= 0.3 is 0 Å². The van der Waals surface area contributed by atoms with Crippen molar-refractivity contribution in [3.63, 3.8) is 0 Å². The topological polar surface area (TPSA) is 133 Å². The third-order valence-electron chi connectivity index (χ3n) is 6.52. The Balaban J connectivity index is 1.49. The van der Waals surface area contributed by atoms with Gasteiger partial charge in [-0.05, 0) is 42.8 Å². The number of fused-ring (bicyclic) bond motifs is 2. The number of nitrogens with two attached hydrogens (primary N) is 1. The van der Waals surface area contributed by atoms with Crippen LogP contribution in [-0.4, -0.2) is 30.3 Å². The Morgan fingerprint density at radius 2 is 1.95 bits per heavy atom. The van der Waals surface area contributed by atoms with Crippen molar-refractivity contribution in [1.29, 1.82) is 0 Å². The van der Waals surface area contributed by atoms with Crippen molar-refractivity contribution in [2.75, 3.05) is 5.73 Å². The van der Waals surface area contributed by atoms with Crippen LogP contribution in [0.3, 0.4) is 0 Å². The van der Waals surface area contributed by atoms with Gasteiger partial charge in [-0.2, -0.15) is 5.10 Å². The highest BCUT2D eigenvalue weighted by atomic mass is 19.1. The van der Waals surface area contributed by atoms with Gasteiger partial charge in [-0.1, -0.05) is 30.0 Å². The minimum atomic E-state index is -0.803. The molecule has 0 aliphatic heterocycles. The molecule has 0 unspecified atom stereocenters. The van der Waals surface area contributed by atoms with Gasteiger partial charge in [0, 0.05) is 31.2 Å². The Morgan fingerprint density at radius 3 is 2.71 bits per heavy atom. The van der Waals surface area contributed by atoms with E-state index < -0.39 is 17.8 Å². The monoisotopic (exact) mass is 547 g/mol. The van der Waals surface area contributed by atoms with Crippen LogP contribution in [0.15, 0.2) is 82.5 Å². The first-order valence-corrected chi connectivity index (χ1v) is 12.6. The molecule has 6 rings (SSSR count). The fourth-order valence-electron chi connectivity index (χ4n) is 4.64. The van der Waals surface area contributed by atoms with Crippen LogP contribution in [0.1, 0.15) is 40.2 Å². The maximum atomic E-state index is 14.1. The quantitative estimate of drug-likeness (QED) is 0.320. The number of hydrogen-bond donors (Lipinski definition) is 2. The first kappa shape index (κ1) is 25.5. The number of hydrogen-bond acceptors (Lipinski definition) is 7. The van der Waals surface area contributed by atoms with Crippen molar-refractivity contribution in [2.24, 2.45) is 7.05 Å². The van der Waals surface area contributed by atoms with Crippen LogP contribution in [-0.2, 0) is 7.05 Å². The summed E-state index contributed by atoms with van der Waals surface area (Å²) in [6.07, 6.45) is 6.54. The van der Waals surface area contributed by atoms with Crippen molar-refractivity contribution in [3.05, 3.63) is 112 Å². The van der Waals surface area contributed by atoms with E-state index in [2.05, 4.69) is 32.3 Å². The Kier molecular flexibility index (Phi) is 6.28. The van der Waals surface area contributed by atoms with Gasteiger partial charge in [0.2, 0.25) is 5.43 Å². The highest BCUT2D eigenvalue weighted by molar-refractivity contribution is 6.04. The van der Waals surface area contributed by atoms with E-state index in [4.69, 9.17) is 10.2 Å². The zero-order valence-corrected chi connectivity index (χ0v) is 21.9. The molecule has 0 saturated carbocycles. The van der Waals surface area contributed by atoms with E-state index in [0.717, 1.165) is 0 Å². The van der Waals surface area contributed by atoms with E-state index in [1.807, 2.05) is 0 Å². The summed E-state index contributed by atoms with van der Waals surface area (Å²) in [5.74, 6) is 5.25. The molecule has 41 heavy (non-hydrogen) atoms. The lowest BCUT2D eigenvalue weighted by atomic mass is 9.97. The van der Waals surface area contributed by atoms with Gasteiger partial charge in [0.25, 0.3) is 5.91 Å². The molecule has 0 fully saturated rings. The van der Waals surface area contributed by atoms with Crippen molar-refractivity contribution < 1.29 is 13.6 Å². The molecule has 0 aliphatic rings. The van der Waals surface area contributed by atoms with Gasteiger partial charge in [0.05, 0.1) is 28.8 Å². The number of anilines is 1. The van der Waals surface area contributed by atoms with E-state index in [9.17, 15) is 14.0 Å². The maximum absolute atomic E-state index is 14.1. The summed E-state index contributed by atoms with van der Waals surface area (Å²) in [7, 11) is 1.79. The van der Waals surface area contributed by atoms with Gasteiger partial charge in [0.15, 0.2) is 11.5 Å². The van der Waals surface area contributed by atoms with Gasteiger partial charge in [0.1, 0.15) is 22.7 Å². The molecule has 2 aromatic carbocycles. The smallest absolute Gasteiger partial charge is 0.259 e. The number of nitrogen functional groups attached to an aromatic ring is 1. The van der Waals surface area contributed by atoms with Crippen molar-refractivity contribution in [3.8, 4) is 23.0 Å². The number of aryl methyl sites for hydroxylation is 1. The maximum Gasteiger partial charge on any atom is 0.259 e. The molecule has 0 bridgehead atoms. The number of benzene rings is 2. The molecule has 3 N–H and O–H groups in total. The molecule has 6 aromatic rings. The van der Waals surface area contributed by atoms with Crippen molar-refractivity contribution in [2.45, 2.75) is 13.0 Å². The van der Waals surface area contributed by atoms with Crippen LogP contribution < -0.4 is 16.5 Å². The fraction of sp³-hybridized carbons (Fsp3) is 0.100. The number of amides is 1. The summed E-state index contributed by atoms with van der Waals surface area (Å²) in [6.45, 7) is 1.68. The number of aromatic nitrogens is 5. The van der Waals surface area contributed by atoms with E-state index in [-0.39, 0.29) is 44.8 Å². The van der Waals surface area contributed by atoms with Crippen LogP contribution in [0.5, 0.6) is 0 Å². The lowest BCUT2D eigenvalue weighted by Gasteiger charge is -2.18. The standard InChI is InChI=1S/C30H22FN7O3/c1-17(35-30(40)25-28(32)36-38-14-4-13-33-29(25)38)27-24(20-9-11-21(31)12-10-20)26(39)23-19(5-3-6-22(23)41-27)8-7-18-15-34-37(2)16-18/h3-6,9-17H,1-2H3,(H2,32,36)(H,35,40)/t17-/m1/s1. The van der Waals surface area contributed by atoms with Gasteiger partial charge in [-0.25, -0.2) is 13.9 Å². The number of nitrogens with one attached hydrogen (secondary N) is 1. The van der Waals surface area contributed by atoms with Crippen molar-refractivity contribution >= 4 is 28.3 Å². The first-order chi connectivity index (χ1) is 19.8. The molecule has 11 heteroatoms. The summed E-state index contributed by atoms with van der Waals surface area (Å²) < 4.78 is 23.2. The minimum absolute atomic E-state index is 0.00366. The van der Waals surface area contributed by atoms with Gasteiger partial charge in [-0.15, -0.1) is 5.10 Å². The van der Waals surface area contributed by atoms with Crippen LogP contribution in [0.2, 0.25) is 0 Å². The summed E-state index contributed by atoms with van der Waals surface area (Å²) in [6, 6.07) is 11.5.